The molecule has 0 aromatic heterocycles. The van der Waals surface area contributed by atoms with Gasteiger partial charge in [-0.15, -0.1) is 0 Å². The van der Waals surface area contributed by atoms with Gasteiger partial charge in [-0.2, -0.15) is 0 Å². The molecule has 1 fully saturated rings. The van der Waals surface area contributed by atoms with Crippen molar-refractivity contribution in [3.05, 3.63) is 0 Å². The third kappa shape index (κ3) is 3.02. The third-order valence-corrected chi connectivity index (χ3v) is 3.02. The van der Waals surface area contributed by atoms with Crippen LogP contribution in [-0.4, -0.2) is 12.1 Å². The van der Waals surface area contributed by atoms with Crippen molar-refractivity contribution in [2.75, 3.05) is 0 Å². The lowest BCUT2D eigenvalue weighted by molar-refractivity contribution is -0.150. The fourth-order valence-electron chi connectivity index (χ4n) is 1.77. The van der Waals surface area contributed by atoms with E-state index < -0.39 is 0 Å². The van der Waals surface area contributed by atoms with Gasteiger partial charge in [-0.3, -0.25) is 4.79 Å². The maximum absolute atomic E-state index is 11.3. The van der Waals surface area contributed by atoms with Gasteiger partial charge in [0.1, 0.15) is 6.10 Å². The standard InChI is InChI=1S/C11H20O2/c1-4-9(3)10-6-5-8(2)7-11(12)13-10/h8-10H,4-7H2,1-3H3. The fraction of sp³-hybridized carbons (Fsp3) is 0.909. The van der Waals surface area contributed by atoms with Crippen LogP contribution in [0, 0.1) is 11.8 Å². The molecular formula is C11H20O2. The largest absolute Gasteiger partial charge is 0.462 e. The molecule has 0 N–H and O–H groups in total. The predicted octanol–water partition coefficient (Wildman–Crippen LogP) is 2.76. The molecule has 0 spiro atoms. The molecule has 3 atom stereocenters. The van der Waals surface area contributed by atoms with Crippen LogP contribution in [-0.2, 0) is 9.53 Å². The van der Waals surface area contributed by atoms with E-state index in [2.05, 4.69) is 20.8 Å². The Hall–Kier alpha value is -0.530. The van der Waals surface area contributed by atoms with Crippen molar-refractivity contribution in [2.24, 2.45) is 11.8 Å². The lowest BCUT2D eigenvalue weighted by Gasteiger charge is -2.20. The van der Waals surface area contributed by atoms with Gasteiger partial charge in [0.2, 0.25) is 0 Å². The van der Waals surface area contributed by atoms with Crippen LogP contribution in [0.4, 0.5) is 0 Å². The summed E-state index contributed by atoms with van der Waals surface area (Å²) in [6, 6.07) is 0. The summed E-state index contributed by atoms with van der Waals surface area (Å²) in [4.78, 5) is 11.3. The van der Waals surface area contributed by atoms with Gasteiger partial charge in [0.25, 0.3) is 0 Å². The molecular weight excluding hydrogens is 164 g/mol. The van der Waals surface area contributed by atoms with Gasteiger partial charge in [-0.05, 0) is 24.7 Å². The lowest BCUT2D eigenvalue weighted by Crippen LogP contribution is -2.22. The minimum absolute atomic E-state index is 0.00435. The maximum atomic E-state index is 11.3. The first-order valence-corrected chi connectivity index (χ1v) is 5.33. The Labute approximate surface area is 80.7 Å². The van der Waals surface area contributed by atoms with Crippen molar-refractivity contribution in [2.45, 2.75) is 52.6 Å². The molecule has 1 saturated heterocycles. The monoisotopic (exact) mass is 184 g/mol. The number of carbonyl (C=O) groups excluding carboxylic acids is 1. The zero-order valence-electron chi connectivity index (χ0n) is 8.88. The molecule has 1 rings (SSSR count). The van der Waals surface area contributed by atoms with Gasteiger partial charge >= 0.3 is 5.97 Å². The molecule has 0 aliphatic carbocycles. The van der Waals surface area contributed by atoms with Crippen LogP contribution in [0.3, 0.4) is 0 Å². The molecule has 0 amide bonds. The highest BCUT2D eigenvalue weighted by Gasteiger charge is 2.25. The summed E-state index contributed by atoms with van der Waals surface area (Å²) in [5.41, 5.74) is 0. The Morgan fingerprint density at radius 2 is 2.23 bits per heavy atom. The highest BCUT2D eigenvalue weighted by atomic mass is 16.5. The topological polar surface area (TPSA) is 26.3 Å². The number of cyclic esters (lactones) is 1. The predicted molar refractivity (Wildman–Crippen MR) is 52.4 cm³/mol. The van der Waals surface area contributed by atoms with E-state index in [1.165, 1.54) is 0 Å². The number of hydrogen-bond donors (Lipinski definition) is 0. The molecule has 76 valence electrons. The Kier molecular flexibility index (Phi) is 3.76. The number of esters is 1. The van der Waals surface area contributed by atoms with E-state index in [0.717, 1.165) is 19.3 Å². The first-order chi connectivity index (χ1) is 6.13. The molecule has 0 bridgehead atoms. The number of ether oxygens (including phenoxy) is 1. The second kappa shape index (κ2) is 4.64. The maximum Gasteiger partial charge on any atom is 0.306 e. The SMILES string of the molecule is CCC(C)C1CCC(C)CC(=O)O1. The van der Waals surface area contributed by atoms with Gasteiger partial charge in [0.15, 0.2) is 0 Å². The van der Waals surface area contributed by atoms with Crippen LogP contribution in [0.1, 0.15) is 46.5 Å². The Morgan fingerprint density at radius 1 is 1.54 bits per heavy atom. The van der Waals surface area contributed by atoms with Crippen LogP contribution < -0.4 is 0 Å². The van der Waals surface area contributed by atoms with Crippen molar-refractivity contribution in [1.29, 1.82) is 0 Å². The molecule has 0 aromatic rings. The highest BCUT2D eigenvalue weighted by molar-refractivity contribution is 5.70. The molecule has 1 aliphatic heterocycles. The molecule has 13 heavy (non-hydrogen) atoms. The Balaban J connectivity index is 2.52. The Bertz CT molecular complexity index is 177. The second-order valence-electron chi connectivity index (χ2n) is 4.30. The quantitative estimate of drug-likeness (QED) is 0.617. The van der Waals surface area contributed by atoms with Gasteiger partial charge in [-0.25, -0.2) is 0 Å². The lowest BCUT2D eigenvalue weighted by atomic mass is 9.94. The van der Waals surface area contributed by atoms with Crippen molar-refractivity contribution in [3.63, 3.8) is 0 Å². The molecule has 1 aliphatic rings. The summed E-state index contributed by atoms with van der Waals surface area (Å²) in [5, 5.41) is 0. The van der Waals surface area contributed by atoms with Crippen LogP contribution in [0.2, 0.25) is 0 Å². The normalized spacial score (nSPS) is 32.1. The zero-order chi connectivity index (χ0) is 9.84. The van der Waals surface area contributed by atoms with E-state index >= 15 is 0 Å². The van der Waals surface area contributed by atoms with Crippen LogP contribution in [0.25, 0.3) is 0 Å². The summed E-state index contributed by atoms with van der Waals surface area (Å²) in [5.74, 6) is 1.01. The minimum Gasteiger partial charge on any atom is -0.462 e. The van der Waals surface area contributed by atoms with E-state index in [4.69, 9.17) is 4.74 Å². The highest BCUT2D eigenvalue weighted by Crippen LogP contribution is 2.25. The number of rotatable bonds is 2. The van der Waals surface area contributed by atoms with E-state index in [1.54, 1.807) is 0 Å². The summed E-state index contributed by atoms with van der Waals surface area (Å²) in [7, 11) is 0. The van der Waals surface area contributed by atoms with E-state index in [-0.39, 0.29) is 12.1 Å². The zero-order valence-corrected chi connectivity index (χ0v) is 8.88. The van der Waals surface area contributed by atoms with Gasteiger partial charge in [0, 0.05) is 6.42 Å². The molecule has 2 heteroatoms. The van der Waals surface area contributed by atoms with Crippen molar-refractivity contribution >= 4 is 5.97 Å². The second-order valence-corrected chi connectivity index (χ2v) is 4.30. The first kappa shape index (κ1) is 10.6. The van der Waals surface area contributed by atoms with E-state index in [9.17, 15) is 4.79 Å². The smallest absolute Gasteiger partial charge is 0.306 e. The molecule has 1 heterocycles. The molecule has 0 saturated carbocycles. The number of hydrogen-bond acceptors (Lipinski definition) is 2. The summed E-state index contributed by atoms with van der Waals surface area (Å²) in [6.07, 6.45) is 4.03. The van der Waals surface area contributed by atoms with Gasteiger partial charge in [0.05, 0.1) is 0 Å². The van der Waals surface area contributed by atoms with Crippen LogP contribution in [0.15, 0.2) is 0 Å². The van der Waals surface area contributed by atoms with Gasteiger partial charge < -0.3 is 4.74 Å². The summed E-state index contributed by atoms with van der Waals surface area (Å²) < 4.78 is 5.40. The van der Waals surface area contributed by atoms with Gasteiger partial charge in [-0.1, -0.05) is 27.2 Å². The fourth-order valence-corrected chi connectivity index (χ4v) is 1.77. The summed E-state index contributed by atoms with van der Waals surface area (Å²) >= 11 is 0. The number of carbonyl (C=O) groups is 1. The molecule has 2 nitrogen and oxygen atoms in total. The van der Waals surface area contributed by atoms with E-state index in [0.29, 0.717) is 18.3 Å². The van der Waals surface area contributed by atoms with Crippen molar-refractivity contribution in [1.82, 2.24) is 0 Å². The van der Waals surface area contributed by atoms with Crippen LogP contribution >= 0.6 is 0 Å². The molecule has 0 aromatic carbocycles. The van der Waals surface area contributed by atoms with E-state index in [1.807, 2.05) is 0 Å². The molecule has 3 unspecified atom stereocenters. The summed E-state index contributed by atoms with van der Waals surface area (Å²) in [6.45, 7) is 6.43. The first-order valence-electron chi connectivity index (χ1n) is 5.33. The average Bonchev–Trinajstić information content (AvgIpc) is 2.25. The third-order valence-electron chi connectivity index (χ3n) is 3.02. The van der Waals surface area contributed by atoms with Crippen molar-refractivity contribution in [3.8, 4) is 0 Å². The Morgan fingerprint density at radius 3 is 2.85 bits per heavy atom. The average molecular weight is 184 g/mol. The minimum atomic E-state index is -0.00435. The molecule has 0 radical (unpaired) electrons. The van der Waals surface area contributed by atoms with Crippen molar-refractivity contribution < 1.29 is 9.53 Å². The van der Waals surface area contributed by atoms with Crippen LogP contribution in [0.5, 0.6) is 0 Å².